The van der Waals surface area contributed by atoms with Crippen LogP contribution in [0.4, 0.5) is 5.69 Å². The molecular formula is C22H23N3O. The third-order valence-electron chi connectivity index (χ3n) is 4.21. The summed E-state index contributed by atoms with van der Waals surface area (Å²) in [6.45, 7) is 4.63. The summed E-state index contributed by atoms with van der Waals surface area (Å²) in [6.07, 6.45) is 1.70. The molecule has 1 heterocycles. The second-order valence-electron chi connectivity index (χ2n) is 6.38. The summed E-state index contributed by atoms with van der Waals surface area (Å²) in [7, 11) is 0. The molecule has 3 rings (SSSR count). The minimum atomic E-state index is -0.172. The van der Waals surface area contributed by atoms with E-state index in [0.29, 0.717) is 12.2 Å². The summed E-state index contributed by atoms with van der Waals surface area (Å²) < 4.78 is 0. The number of aryl methyl sites for hydroxylation is 1. The van der Waals surface area contributed by atoms with Gasteiger partial charge in [0, 0.05) is 12.6 Å². The average Bonchev–Trinajstić information content (AvgIpc) is 2.67. The van der Waals surface area contributed by atoms with E-state index in [-0.39, 0.29) is 11.9 Å². The van der Waals surface area contributed by atoms with Crippen molar-refractivity contribution < 1.29 is 4.79 Å². The number of amides is 1. The molecule has 0 bridgehead atoms. The van der Waals surface area contributed by atoms with E-state index in [9.17, 15) is 4.79 Å². The maximum absolute atomic E-state index is 12.3. The molecule has 0 fully saturated rings. The van der Waals surface area contributed by atoms with E-state index < -0.39 is 0 Å². The molecule has 1 unspecified atom stereocenters. The molecule has 26 heavy (non-hydrogen) atoms. The Bertz CT molecular complexity index is 860. The molecule has 2 N–H and O–H groups in total. The average molecular weight is 345 g/mol. The molecule has 3 aromatic rings. The maximum Gasteiger partial charge on any atom is 0.270 e. The Morgan fingerprint density at radius 1 is 1.04 bits per heavy atom. The molecule has 1 aromatic heterocycles. The number of nitrogens with one attached hydrogen (secondary N) is 2. The second kappa shape index (κ2) is 8.30. The van der Waals surface area contributed by atoms with Gasteiger partial charge in [0.2, 0.25) is 0 Å². The van der Waals surface area contributed by atoms with Gasteiger partial charge in [-0.15, -0.1) is 0 Å². The third kappa shape index (κ3) is 4.70. The van der Waals surface area contributed by atoms with Crippen molar-refractivity contribution in [3.63, 3.8) is 0 Å². The first-order chi connectivity index (χ1) is 12.6. The van der Waals surface area contributed by atoms with E-state index in [2.05, 4.69) is 40.7 Å². The Morgan fingerprint density at radius 2 is 1.85 bits per heavy atom. The lowest BCUT2D eigenvalue weighted by molar-refractivity contribution is 0.0946. The maximum atomic E-state index is 12.3. The molecule has 0 radical (unpaired) electrons. The number of pyridine rings is 1. The summed E-state index contributed by atoms with van der Waals surface area (Å²) in [6, 6.07) is 22.1. The zero-order valence-corrected chi connectivity index (χ0v) is 15.1. The van der Waals surface area contributed by atoms with Crippen LogP contribution in [0, 0.1) is 6.92 Å². The summed E-state index contributed by atoms with van der Waals surface area (Å²) in [5.74, 6) is -0.172. The molecule has 4 heteroatoms. The van der Waals surface area contributed by atoms with Gasteiger partial charge in [-0.3, -0.25) is 4.79 Å². The van der Waals surface area contributed by atoms with Gasteiger partial charge in [0.05, 0.1) is 11.9 Å². The molecule has 1 atom stereocenters. The zero-order valence-electron chi connectivity index (χ0n) is 15.1. The Labute approximate surface area is 154 Å². The molecule has 1 amide bonds. The minimum Gasteiger partial charge on any atom is -0.377 e. The van der Waals surface area contributed by atoms with Crippen LogP contribution in [0.1, 0.15) is 40.1 Å². The quantitative estimate of drug-likeness (QED) is 0.692. The second-order valence-corrected chi connectivity index (χ2v) is 6.38. The first kappa shape index (κ1) is 17.7. The van der Waals surface area contributed by atoms with Gasteiger partial charge in [-0.2, -0.15) is 0 Å². The molecule has 0 aliphatic carbocycles. The molecule has 0 saturated carbocycles. The van der Waals surface area contributed by atoms with Gasteiger partial charge in [0.1, 0.15) is 5.69 Å². The summed E-state index contributed by atoms with van der Waals surface area (Å²) in [4.78, 5) is 16.5. The van der Waals surface area contributed by atoms with Gasteiger partial charge in [-0.05, 0) is 37.1 Å². The van der Waals surface area contributed by atoms with Gasteiger partial charge in [0.15, 0.2) is 0 Å². The number of benzene rings is 2. The van der Waals surface area contributed by atoms with Crippen LogP contribution >= 0.6 is 0 Å². The number of aromatic nitrogens is 1. The van der Waals surface area contributed by atoms with Crippen LogP contribution < -0.4 is 10.6 Å². The Balaban J connectivity index is 1.57. The lowest BCUT2D eigenvalue weighted by Crippen LogP contribution is -2.23. The van der Waals surface area contributed by atoms with Crippen molar-refractivity contribution in [2.75, 3.05) is 5.32 Å². The first-order valence-electron chi connectivity index (χ1n) is 8.73. The molecule has 0 aliphatic heterocycles. The van der Waals surface area contributed by atoms with Crippen LogP contribution in [0.5, 0.6) is 0 Å². The minimum absolute atomic E-state index is 0.166. The summed E-state index contributed by atoms with van der Waals surface area (Å²) in [5.41, 5.74) is 4.76. The van der Waals surface area contributed by atoms with Crippen LogP contribution in [0.25, 0.3) is 0 Å². The number of hydrogen-bond acceptors (Lipinski definition) is 3. The molecule has 2 aromatic carbocycles. The Hall–Kier alpha value is -3.14. The van der Waals surface area contributed by atoms with E-state index in [1.165, 1.54) is 11.1 Å². The van der Waals surface area contributed by atoms with E-state index in [0.717, 1.165) is 11.3 Å². The van der Waals surface area contributed by atoms with Crippen molar-refractivity contribution in [1.82, 2.24) is 10.3 Å². The SMILES string of the molecule is Cc1cccc(CNC(=O)c2ccc(NC(C)c3ccccc3)cn2)c1. The standard InChI is InChI=1S/C22H23N3O/c1-16-7-6-8-18(13-16)14-24-22(26)21-12-11-20(15-23-21)25-17(2)19-9-4-3-5-10-19/h3-13,15,17,25H,14H2,1-2H3,(H,24,26). The zero-order chi connectivity index (χ0) is 18.4. The highest BCUT2D eigenvalue weighted by Gasteiger charge is 2.09. The lowest BCUT2D eigenvalue weighted by Gasteiger charge is -2.15. The van der Waals surface area contributed by atoms with Crippen molar-refractivity contribution in [2.24, 2.45) is 0 Å². The van der Waals surface area contributed by atoms with Crippen LogP contribution in [-0.4, -0.2) is 10.9 Å². The summed E-state index contributed by atoms with van der Waals surface area (Å²) >= 11 is 0. The van der Waals surface area contributed by atoms with Gasteiger partial charge >= 0.3 is 0 Å². The fraction of sp³-hybridized carbons (Fsp3) is 0.182. The van der Waals surface area contributed by atoms with Crippen LogP contribution in [-0.2, 0) is 6.54 Å². The van der Waals surface area contributed by atoms with Crippen molar-refractivity contribution in [2.45, 2.75) is 26.4 Å². The van der Waals surface area contributed by atoms with E-state index in [1.807, 2.05) is 49.4 Å². The predicted octanol–water partition coefficient (Wildman–Crippen LogP) is 4.49. The molecule has 0 aliphatic rings. The van der Waals surface area contributed by atoms with Crippen molar-refractivity contribution in [3.05, 3.63) is 95.3 Å². The normalized spacial score (nSPS) is 11.6. The van der Waals surface area contributed by atoms with Crippen molar-refractivity contribution in [3.8, 4) is 0 Å². The van der Waals surface area contributed by atoms with Crippen molar-refractivity contribution in [1.29, 1.82) is 0 Å². The van der Waals surface area contributed by atoms with Crippen molar-refractivity contribution >= 4 is 11.6 Å². The smallest absolute Gasteiger partial charge is 0.270 e. The first-order valence-corrected chi connectivity index (χ1v) is 8.73. The largest absolute Gasteiger partial charge is 0.377 e. The van der Waals surface area contributed by atoms with Gasteiger partial charge in [-0.1, -0.05) is 60.2 Å². The van der Waals surface area contributed by atoms with Gasteiger partial charge < -0.3 is 10.6 Å². The number of carbonyl (C=O) groups excluding carboxylic acids is 1. The highest BCUT2D eigenvalue weighted by Crippen LogP contribution is 2.18. The van der Waals surface area contributed by atoms with Gasteiger partial charge in [-0.25, -0.2) is 4.98 Å². The monoisotopic (exact) mass is 345 g/mol. The van der Waals surface area contributed by atoms with E-state index in [4.69, 9.17) is 0 Å². The molecule has 4 nitrogen and oxygen atoms in total. The van der Waals surface area contributed by atoms with Crippen LogP contribution in [0.15, 0.2) is 72.9 Å². The predicted molar refractivity (Wildman–Crippen MR) is 105 cm³/mol. The molecule has 132 valence electrons. The fourth-order valence-electron chi connectivity index (χ4n) is 2.78. The number of carbonyl (C=O) groups is 1. The third-order valence-corrected chi connectivity index (χ3v) is 4.21. The van der Waals surface area contributed by atoms with E-state index in [1.54, 1.807) is 12.3 Å². The number of anilines is 1. The molecule has 0 spiro atoms. The topological polar surface area (TPSA) is 54.0 Å². The number of hydrogen-bond donors (Lipinski definition) is 2. The number of rotatable bonds is 6. The highest BCUT2D eigenvalue weighted by molar-refractivity contribution is 5.92. The summed E-state index contributed by atoms with van der Waals surface area (Å²) in [5, 5.41) is 6.30. The van der Waals surface area contributed by atoms with Crippen LogP contribution in [0.2, 0.25) is 0 Å². The highest BCUT2D eigenvalue weighted by atomic mass is 16.1. The lowest BCUT2D eigenvalue weighted by atomic mass is 10.1. The van der Waals surface area contributed by atoms with E-state index >= 15 is 0 Å². The molecular weight excluding hydrogens is 322 g/mol. The van der Waals surface area contributed by atoms with Crippen LogP contribution in [0.3, 0.4) is 0 Å². The Morgan fingerprint density at radius 3 is 2.54 bits per heavy atom. The van der Waals surface area contributed by atoms with Gasteiger partial charge in [0.25, 0.3) is 5.91 Å². The fourth-order valence-corrected chi connectivity index (χ4v) is 2.78. The Kier molecular flexibility index (Phi) is 5.64. The molecule has 0 saturated heterocycles. The number of nitrogens with zero attached hydrogens (tertiary/aromatic N) is 1.